The topological polar surface area (TPSA) is 29.9 Å². The first-order chi connectivity index (χ1) is 8.36. The number of benzene rings is 1. The van der Waals surface area contributed by atoms with Crippen LogP contribution in [0, 0.1) is 0 Å². The van der Waals surface area contributed by atoms with Crippen molar-refractivity contribution in [1.29, 1.82) is 0 Å². The molecule has 0 saturated carbocycles. The molecule has 86 valence electrons. The fraction of sp³-hybridized carbons (Fsp3) is 0.154. The van der Waals surface area contributed by atoms with Crippen molar-refractivity contribution in [2.75, 3.05) is 7.05 Å². The molecule has 3 nitrogen and oxygen atoms in total. The summed E-state index contributed by atoms with van der Waals surface area (Å²) < 4.78 is 3.24. The molecule has 0 unspecified atom stereocenters. The molecule has 17 heavy (non-hydrogen) atoms. The van der Waals surface area contributed by atoms with Gasteiger partial charge < -0.3 is 5.32 Å². The van der Waals surface area contributed by atoms with E-state index in [1.54, 1.807) is 11.3 Å². The van der Waals surface area contributed by atoms with Gasteiger partial charge in [0, 0.05) is 17.4 Å². The molecule has 2 aromatic heterocycles. The van der Waals surface area contributed by atoms with Crippen LogP contribution in [0.1, 0.15) is 5.69 Å². The van der Waals surface area contributed by atoms with Crippen molar-refractivity contribution >= 4 is 21.4 Å². The lowest BCUT2D eigenvalue weighted by Crippen LogP contribution is -2.06. The smallest absolute Gasteiger partial charge is 0.0766 e. The summed E-state index contributed by atoms with van der Waals surface area (Å²) in [6, 6.07) is 10.6. The van der Waals surface area contributed by atoms with Crippen LogP contribution in [0.25, 0.3) is 15.8 Å². The highest BCUT2D eigenvalue weighted by Crippen LogP contribution is 2.23. The van der Waals surface area contributed by atoms with Gasteiger partial charge in [0.15, 0.2) is 0 Å². The minimum atomic E-state index is 0.799. The minimum absolute atomic E-state index is 0.799. The first-order valence-electron chi connectivity index (χ1n) is 5.53. The van der Waals surface area contributed by atoms with Crippen LogP contribution in [0.5, 0.6) is 0 Å². The van der Waals surface area contributed by atoms with E-state index >= 15 is 0 Å². The lowest BCUT2D eigenvalue weighted by Gasteiger charge is -2.01. The molecule has 0 aliphatic carbocycles. The van der Waals surface area contributed by atoms with Gasteiger partial charge in [0.2, 0.25) is 0 Å². The SMILES string of the molecule is CNCc1ccn(-c2ccc3sccc3c2)n1. The summed E-state index contributed by atoms with van der Waals surface area (Å²) >= 11 is 1.76. The zero-order valence-corrected chi connectivity index (χ0v) is 10.4. The number of nitrogens with zero attached hydrogens (tertiary/aromatic N) is 2. The quantitative estimate of drug-likeness (QED) is 0.766. The van der Waals surface area contributed by atoms with Crippen LogP contribution < -0.4 is 5.32 Å². The zero-order chi connectivity index (χ0) is 11.7. The second-order valence-corrected chi connectivity index (χ2v) is 4.87. The van der Waals surface area contributed by atoms with Crippen LogP contribution >= 0.6 is 11.3 Å². The molecule has 0 fully saturated rings. The largest absolute Gasteiger partial charge is 0.314 e. The molecule has 0 bridgehead atoms. The van der Waals surface area contributed by atoms with Gasteiger partial charge in [-0.2, -0.15) is 5.10 Å². The van der Waals surface area contributed by atoms with Crippen molar-refractivity contribution in [1.82, 2.24) is 15.1 Å². The predicted molar refractivity (Wildman–Crippen MR) is 71.7 cm³/mol. The summed E-state index contributed by atoms with van der Waals surface area (Å²) in [7, 11) is 1.93. The average molecular weight is 243 g/mol. The van der Waals surface area contributed by atoms with E-state index in [9.17, 15) is 0 Å². The molecular weight excluding hydrogens is 230 g/mol. The lowest BCUT2D eigenvalue weighted by molar-refractivity contribution is 0.757. The first kappa shape index (κ1) is 10.5. The molecule has 2 heterocycles. The van der Waals surface area contributed by atoms with Crippen molar-refractivity contribution in [3.63, 3.8) is 0 Å². The van der Waals surface area contributed by atoms with Crippen molar-refractivity contribution in [3.05, 3.63) is 47.6 Å². The molecule has 0 amide bonds. The molecule has 0 aliphatic rings. The van der Waals surface area contributed by atoms with Gasteiger partial charge in [0.25, 0.3) is 0 Å². The molecule has 1 N–H and O–H groups in total. The van der Waals surface area contributed by atoms with E-state index in [4.69, 9.17) is 0 Å². The van der Waals surface area contributed by atoms with E-state index in [-0.39, 0.29) is 0 Å². The molecular formula is C13H13N3S. The van der Waals surface area contributed by atoms with E-state index in [0.717, 1.165) is 17.9 Å². The Labute approximate surface area is 104 Å². The molecule has 0 atom stereocenters. The number of hydrogen-bond acceptors (Lipinski definition) is 3. The van der Waals surface area contributed by atoms with E-state index in [2.05, 4.69) is 40.1 Å². The lowest BCUT2D eigenvalue weighted by atomic mass is 10.2. The number of fused-ring (bicyclic) bond motifs is 1. The van der Waals surface area contributed by atoms with Crippen LogP contribution in [0.2, 0.25) is 0 Å². The van der Waals surface area contributed by atoms with Gasteiger partial charge in [-0.15, -0.1) is 11.3 Å². The first-order valence-corrected chi connectivity index (χ1v) is 6.41. The Kier molecular flexibility index (Phi) is 2.66. The summed E-state index contributed by atoms with van der Waals surface area (Å²) in [5.74, 6) is 0. The van der Waals surface area contributed by atoms with Gasteiger partial charge in [-0.25, -0.2) is 4.68 Å². The number of hydrogen-bond donors (Lipinski definition) is 1. The summed E-state index contributed by atoms with van der Waals surface area (Å²) in [6.45, 7) is 0.799. The molecule has 4 heteroatoms. The molecule has 0 aliphatic heterocycles. The van der Waals surface area contributed by atoms with Gasteiger partial charge in [0.1, 0.15) is 0 Å². The maximum atomic E-state index is 4.52. The van der Waals surface area contributed by atoms with Crippen LogP contribution in [0.15, 0.2) is 41.9 Å². The van der Waals surface area contributed by atoms with Gasteiger partial charge in [-0.05, 0) is 48.1 Å². The molecule has 1 aromatic carbocycles. The van der Waals surface area contributed by atoms with Gasteiger partial charge >= 0.3 is 0 Å². The Balaban J connectivity index is 2.00. The van der Waals surface area contributed by atoms with Crippen LogP contribution in [0.3, 0.4) is 0 Å². The third-order valence-electron chi connectivity index (χ3n) is 2.70. The number of rotatable bonds is 3. The Morgan fingerprint density at radius 3 is 3.12 bits per heavy atom. The molecule has 0 saturated heterocycles. The fourth-order valence-electron chi connectivity index (χ4n) is 1.88. The molecule has 3 rings (SSSR count). The second-order valence-electron chi connectivity index (χ2n) is 3.92. The van der Waals surface area contributed by atoms with Gasteiger partial charge in [-0.1, -0.05) is 0 Å². The van der Waals surface area contributed by atoms with Gasteiger partial charge in [-0.3, -0.25) is 0 Å². The zero-order valence-electron chi connectivity index (χ0n) is 9.55. The van der Waals surface area contributed by atoms with Crippen molar-refractivity contribution in [3.8, 4) is 5.69 Å². The normalized spacial score (nSPS) is 11.1. The van der Waals surface area contributed by atoms with Crippen LogP contribution in [-0.4, -0.2) is 16.8 Å². The summed E-state index contributed by atoms with van der Waals surface area (Å²) in [6.07, 6.45) is 2.00. The monoisotopic (exact) mass is 243 g/mol. The third kappa shape index (κ3) is 1.97. The van der Waals surface area contributed by atoms with E-state index in [0.29, 0.717) is 0 Å². The summed E-state index contributed by atoms with van der Waals surface area (Å²) in [5.41, 5.74) is 2.16. The molecule has 0 radical (unpaired) electrons. The number of thiophene rings is 1. The van der Waals surface area contributed by atoms with Crippen LogP contribution in [0.4, 0.5) is 0 Å². The van der Waals surface area contributed by atoms with E-state index in [1.165, 1.54) is 10.1 Å². The van der Waals surface area contributed by atoms with Crippen molar-refractivity contribution in [2.24, 2.45) is 0 Å². The third-order valence-corrected chi connectivity index (χ3v) is 3.60. The Morgan fingerprint density at radius 1 is 1.29 bits per heavy atom. The van der Waals surface area contributed by atoms with E-state index in [1.807, 2.05) is 24.0 Å². The summed E-state index contributed by atoms with van der Waals surface area (Å²) in [5, 5.41) is 11.0. The van der Waals surface area contributed by atoms with E-state index < -0.39 is 0 Å². The number of nitrogens with one attached hydrogen (secondary N) is 1. The highest BCUT2D eigenvalue weighted by Gasteiger charge is 2.02. The minimum Gasteiger partial charge on any atom is -0.314 e. The fourth-order valence-corrected chi connectivity index (χ4v) is 2.65. The average Bonchev–Trinajstić information content (AvgIpc) is 2.96. The Bertz CT molecular complexity index is 639. The maximum absolute atomic E-state index is 4.52. The molecule has 0 spiro atoms. The van der Waals surface area contributed by atoms with Crippen LogP contribution in [-0.2, 0) is 6.54 Å². The Morgan fingerprint density at radius 2 is 2.24 bits per heavy atom. The van der Waals surface area contributed by atoms with Crippen molar-refractivity contribution < 1.29 is 0 Å². The standard InChI is InChI=1S/C13H13N3S/c1-14-9-11-4-6-16(15-11)12-2-3-13-10(8-12)5-7-17-13/h2-8,14H,9H2,1H3. The van der Waals surface area contributed by atoms with Gasteiger partial charge in [0.05, 0.1) is 11.4 Å². The molecule has 3 aromatic rings. The highest BCUT2D eigenvalue weighted by molar-refractivity contribution is 7.17. The Hall–Kier alpha value is -1.65. The predicted octanol–water partition coefficient (Wildman–Crippen LogP) is 2.81. The second kappa shape index (κ2) is 4.31. The number of aromatic nitrogens is 2. The summed E-state index contributed by atoms with van der Waals surface area (Å²) in [4.78, 5) is 0. The maximum Gasteiger partial charge on any atom is 0.0766 e. The van der Waals surface area contributed by atoms with Crippen molar-refractivity contribution in [2.45, 2.75) is 6.54 Å². The highest BCUT2D eigenvalue weighted by atomic mass is 32.1.